The summed E-state index contributed by atoms with van der Waals surface area (Å²) in [5.74, 6) is 0.123. The first kappa shape index (κ1) is 17.8. The zero-order chi connectivity index (χ0) is 19.7. The highest BCUT2D eigenvalue weighted by atomic mass is 16.5. The van der Waals surface area contributed by atoms with Gasteiger partial charge in [-0.05, 0) is 35.6 Å². The molecule has 1 aliphatic rings. The number of hydrogen-bond acceptors (Lipinski definition) is 7. The van der Waals surface area contributed by atoms with Crippen molar-refractivity contribution in [2.75, 3.05) is 18.2 Å². The van der Waals surface area contributed by atoms with Gasteiger partial charge in [0.25, 0.3) is 0 Å². The Kier molecular flexibility index (Phi) is 4.59. The molecule has 1 unspecified atom stereocenters. The fraction of sp³-hybridized carbons (Fsp3) is 0.250. The number of nitrogens with zero attached hydrogens (tertiary/aromatic N) is 4. The largest absolute Gasteiger partial charge is 0.383 e. The molecule has 0 bridgehead atoms. The summed E-state index contributed by atoms with van der Waals surface area (Å²) >= 11 is 0. The molecule has 3 heterocycles. The number of ether oxygens (including phenoxy) is 1. The molecule has 0 aromatic carbocycles. The number of hydrogen-bond donors (Lipinski definition) is 2. The Labute approximate surface area is 161 Å². The zero-order valence-electron chi connectivity index (χ0n) is 15.2. The maximum Gasteiger partial charge on any atom is 0.230 e. The van der Waals surface area contributed by atoms with Crippen molar-refractivity contribution >= 4 is 28.3 Å². The van der Waals surface area contributed by atoms with Gasteiger partial charge >= 0.3 is 0 Å². The van der Waals surface area contributed by atoms with E-state index >= 15 is 0 Å². The Balaban J connectivity index is 1.69. The van der Waals surface area contributed by atoms with Crippen LogP contribution in [0.25, 0.3) is 22.0 Å². The molecule has 0 radical (unpaired) electrons. The van der Waals surface area contributed by atoms with Crippen molar-refractivity contribution in [3.05, 3.63) is 42.4 Å². The maximum absolute atomic E-state index is 12.2. The Bertz CT molecular complexity index is 1110. The third-order valence-corrected chi connectivity index (χ3v) is 4.78. The lowest BCUT2D eigenvalue weighted by Crippen LogP contribution is -2.15. The molecule has 140 valence electrons. The fourth-order valence-electron chi connectivity index (χ4n) is 3.16. The first-order valence-corrected chi connectivity index (χ1v) is 8.79. The van der Waals surface area contributed by atoms with E-state index in [1.54, 1.807) is 31.8 Å². The minimum atomic E-state index is -0.257. The number of pyridine rings is 3. The SMILES string of the molecule is COCc1ccncc1-c1cc2cc(NC(=O)C3C[C@H]3C#N)ncc2c(N)n1. The van der Waals surface area contributed by atoms with Crippen LogP contribution in [-0.4, -0.2) is 28.0 Å². The summed E-state index contributed by atoms with van der Waals surface area (Å²) in [5, 5.41) is 13.2. The first-order chi connectivity index (χ1) is 13.6. The summed E-state index contributed by atoms with van der Waals surface area (Å²) in [4.78, 5) is 25.1. The van der Waals surface area contributed by atoms with Crippen LogP contribution in [0.1, 0.15) is 12.0 Å². The predicted molar refractivity (Wildman–Crippen MR) is 104 cm³/mol. The van der Waals surface area contributed by atoms with Crippen LogP contribution in [0.15, 0.2) is 36.8 Å². The van der Waals surface area contributed by atoms with Crippen LogP contribution in [-0.2, 0) is 16.1 Å². The monoisotopic (exact) mass is 374 g/mol. The molecule has 0 spiro atoms. The Morgan fingerprint density at radius 2 is 2.29 bits per heavy atom. The molecule has 3 aromatic heterocycles. The normalized spacial score (nSPS) is 17.9. The molecule has 28 heavy (non-hydrogen) atoms. The van der Waals surface area contributed by atoms with Crippen LogP contribution in [0.2, 0.25) is 0 Å². The summed E-state index contributed by atoms with van der Waals surface area (Å²) in [7, 11) is 1.63. The first-order valence-electron chi connectivity index (χ1n) is 8.79. The quantitative estimate of drug-likeness (QED) is 0.702. The van der Waals surface area contributed by atoms with E-state index in [0.717, 1.165) is 16.5 Å². The Hall–Kier alpha value is -3.57. The van der Waals surface area contributed by atoms with Gasteiger partial charge in [0.15, 0.2) is 0 Å². The molecule has 3 N–H and O–H groups in total. The molecule has 4 rings (SSSR count). The number of nitrogens with one attached hydrogen (secondary N) is 1. The van der Waals surface area contributed by atoms with Crippen molar-refractivity contribution < 1.29 is 9.53 Å². The lowest BCUT2D eigenvalue weighted by atomic mass is 10.0. The van der Waals surface area contributed by atoms with Crippen molar-refractivity contribution in [2.45, 2.75) is 13.0 Å². The summed E-state index contributed by atoms with van der Waals surface area (Å²) in [5.41, 5.74) is 8.58. The van der Waals surface area contributed by atoms with Gasteiger partial charge in [-0.25, -0.2) is 9.97 Å². The van der Waals surface area contributed by atoms with E-state index < -0.39 is 0 Å². The van der Waals surface area contributed by atoms with Crippen LogP contribution < -0.4 is 11.1 Å². The number of nitrogen functional groups attached to an aromatic ring is 1. The van der Waals surface area contributed by atoms with E-state index in [-0.39, 0.29) is 17.7 Å². The smallest absolute Gasteiger partial charge is 0.230 e. The zero-order valence-corrected chi connectivity index (χ0v) is 15.2. The van der Waals surface area contributed by atoms with Gasteiger partial charge < -0.3 is 15.8 Å². The van der Waals surface area contributed by atoms with E-state index in [2.05, 4.69) is 26.3 Å². The lowest BCUT2D eigenvalue weighted by Gasteiger charge is -2.11. The van der Waals surface area contributed by atoms with E-state index in [9.17, 15) is 4.79 Å². The maximum atomic E-state index is 12.2. The molecule has 8 nitrogen and oxygen atoms in total. The van der Waals surface area contributed by atoms with Crippen molar-refractivity contribution in [1.29, 1.82) is 5.26 Å². The number of aromatic nitrogens is 3. The molecule has 0 saturated heterocycles. The molecule has 8 heteroatoms. The average molecular weight is 374 g/mol. The van der Waals surface area contributed by atoms with Gasteiger partial charge in [-0.15, -0.1) is 0 Å². The van der Waals surface area contributed by atoms with E-state index in [1.807, 2.05) is 12.1 Å². The second-order valence-corrected chi connectivity index (χ2v) is 6.72. The number of fused-ring (bicyclic) bond motifs is 1. The molecule has 0 aliphatic heterocycles. The van der Waals surface area contributed by atoms with E-state index in [1.165, 1.54) is 0 Å². The van der Waals surface area contributed by atoms with Crippen LogP contribution >= 0.6 is 0 Å². The van der Waals surface area contributed by atoms with Crippen LogP contribution in [0.5, 0.6) is 0 Å². The Morgan fingerprint density at radius 1 is 1.43 bits per heavy atom. The van der Waals surface area contributed by atoms with Gasteiger partial charge in [-0.3, -0.25) is 9.78 Å². The van der Waals surface area contributed by atoms with Gasteiger partial charge in [-0.1, -0.05) is 0 Å². The third-order valence-electron chi connectivity index (χ3n) is 4.78. The van der Waals surface area contributed by atoms with Crippen LogP contribution in [0.3, 0.4) is 0 Å². The topological polar surface area (TPSA) is 127 Å². The van der Waals surface area contributed by atoms with Crippen LogP contribution in [0, 0.1) is 23.2 Å². The number of carbonyl (C=O) groups excluding carboxylic acids is 1. The second-order valence-electron chi connectivity index (χ2n) is 6.72. The van der Waals surface area contributed by atoms with Gasteiger partial charge in [-0.2, -0.15) is 5.26 Å². The molecule has 1 saturated carbocycles. The summed E-state index contributed by atoms with van der Waals surface area (Å²) in [6, 6.07) is 7.63. The molecule has 3 aromatic rings. The molecule has 1 fully saturated rings. The average Bonchev–Trinajstić information content (AvgIpc) is 3.48. The highest BCUT2D eigenvalue weighted by Gasteiger charge is 2.43. The minimum absolute atomic E-state index is 0.185. The van der Waals surface area contributed by atoms with Gasteiger partial charge in [0.05, 0.1) is 30.2 Å². The fourth-order valence-corrected chi connectivity index (χ4v) is 3.16. The molecule has 1 amide bonds. The molecule has 1 aliphatic carbocycles. The van der Waals surface area contributed by atoms with E-state index in [0.29, 0.717) is 35.7 Å². The highest BCUT2D eigenvalue weighted by molar-refractivity contribution is 5.98. The van der Waals surface area contributed by atoms with Crippen molar-refractivity contribution in [3.63, 3.8) is 0 Å². The van der Waals surface area contributed by atoms with Crippen LogP contribution in [0.4, 0.5) is 11.6 Å². The number of amides is 1. The number of nitriles is 1. The number of carbonyl (C=O) groups is 1. The number of rotatable bonds is 5. The Morgan fingerprint density at radius 3 is 3.04 bits per heavy atom. The molecular formula is C20H18N6O2. The van der Waals surface area contributed by atoms with Crippen molar-refractivity contribution in [1.82, 2.24) is 15.0 Å². The molecular weight excluding hydrogens is 356 g/mol. The molecule has 2 atom stereocenters. The summed E-state index contributed by atoms with van der Waals surface area (Å²) < 4.78 is 5.25. The minimum Gasteiger partial charge on any atom is -0.383 e. The second kappa shape index (κ2) is 7.21. The standard InChI is InChI=1S/C20H18N6O2/c1-28-10-11-2-3-23-8-15(11)17-5-12-6-18(24-9-16(12)19(22)25-17)26-20(27)14-4-13(14)7-21/h2-3,5-6,8-9,13-14H,4,10H2,1H3,(H2,22,25)(H,24,26,27)/t13-,14?/m0/s1. The van der Waals surface area contributed by atoms with Crippen molar-refractivity contribution in [2.24, 2.45) is 11.8 Å². The third kappa shape index (κ3) is 3.35. The highest BCUT2D eigenvalue weighted by Crippen LogP contribution is 2.38. The van der Waals surface area contributed by atoms with Gasteiger partial charge in [0.2, 0.25) is 5.91 Å². The number of nitrogens with two attached hydrogens (primary N) is 1. The number of anilines is 2. The summed E-state index contributed by atoms with van der Waals surface area (Å²) in [6.45, 7) is 0.427. The summed E-state index contributed by atoms with van der Waals surface area (Å²) in [6.07, 6.45) is 5.61. The van der Waals surface area contributed by atoms with Crippen molar-refractivity contribution in [3.8, 4) is 17.3 Å². The van der Waals surface area contributed by atoms with Gasteiger partial charge in [0, 0.05) is 36.7 Å². The lowest BCUT2D eigenvalue weighted by molar-refractivity contribution is -0.117. The van der Waals surface area contributed by atoms with Gasteiger partial charge in [0.1, 0.15) is 11.6 Å². The predicted octanol–water partition coefficient (Wildman–Crippen LogP) is 2.52. The van der Waals surface area contributed by atoms with E-state index in [4.69, 9.17) is 15.7 Å². The number of methoxy groups -OCH3 is 1.